The third-order valence-electron chi connectivity index (χ3n) is 0.854. The molecule has 0 heterocycles. The van der Waals surface area contributed by atoms with Crippen LogP contribution in [0.25, 0.3) is 0 Å². The summed E-state index contributed by atoms with van der Waals surface area (Å²) in [5.74, 6) is 0. The van der Waals surface area contributed by atoms with Crippen molar-refractivity contribution in [1.82, 2.24) is 0 Å². The number of hydrogen-bond donors (Lipinski definition) is 3. The SMILES string of the molecule is C=COCC.C=COCC.C=COCC.O=P(O)(O)O. The van der Waals surface area contributed by atoms with Crippen LogP contribution in [0.5, 0.6) is 0 Å². The minimum absolute atomic E-state index is 0.726. The molecule has 0 aliphatic carbocycles. The molecule has 0 saturated heterocycles. The molecule has 7 nitrogen and oxygen atoms in total. The number of ether oxygens (including phenoxy) is 3. The Bertz CT molecular complexity index is 206. The fourth-order valence-corrected chi connectivity index (χ4v) is 0.354. The van der Waals surface area contributed by atoms with E-state index in [2.05, 4.69) is 33.9 Å². The quantitative estimate of drug-likeness (QED) is 0.511. The zero-order chi connectivity index (χ0) is 16.9. The summed E-state index contributed by atoms with van der Waals surface area (Å²) in [4.78, 5) is 21.6. The van der Waals surface area contributed by atoms with Crippen LogP contribution in [-0.2, 0) is 18.8 Å². The minimum atomic E-state index is -4.64. The van der Waals surface area contributed by atoms with Crippen LogP contribution in [0.2, 0.25) is 0 Å². The molecular formula is C12H27O7P. The maximum absolute atomic E-state index is 8.88. The molecule has 0 amide bonds. The van der Waals surface area contributed by atoms with E-state index in [1.807, 2.05) is 20.8 Å². The van der Waals surface area contributed by atoms with Crippen molar-refractivity contribution in [3.8, 4) is 0 Å². The molecule has 3 N–H and O–H groups in total. The standard InChI is InChI=1S/3C4H8O.H3O4P/c3*1-3-5-4-2;1-5(2,3)4/h3*3H,1,4H2,2H3;(H3,1,2,3,4). The molecule has 0 saturated carbocycles. The maximum Gasteiger partial charge on any atom is 0.466 e. The van der Waals surface area contributed by atoms with Crippen molar-refractivity contribution >= 4 is 7.82 Å². The molecule has 20 heavy (non-hydrogen) atoms. The Morgan fingerprint density at radius 1 is 0.800 bits per heavy atom. The Balaban J connectivity index is -0.0000000853. The van der Waals surface area contributed by atoms with E-state index in [0.29, 0.717) is 0 Å². The van der Waals surface area contributed by atoms with Gasteiger partial charge in [0.25, 0.3) is 0 Å². The summed E-state index contributed by atoms with van der Waals surface area (Å²) in [6, 6.07) is 0. The van der Waals surface area contributed by atoms with Crippen molar-refractivity contribution in [3.05, 3.63) is 38.5 Å². The lowest BCUT2D eigenvalue weighted by atomic mass is 10.9. The van der Waals surface area contributed by atoms with Crippen molar-refractivity contribution in [2.45, 2.75) is 20.8 Å². The summed E-state index contributed by atoms with van der Waals surface area (Å²) in [7, 11) is -4.64. The first-order valence-electron chi connectivity index (χ1n) is 5.70. The lowest BCUT2D eigenvalue weighted by Crippen LogP contribution is -1.72. The molecule has 0 atom stereocenters. The molecule has 0 radical (unpaired) electrons. The van der Waals surface area contributed by atoms with Crippen LogP contribution in [-0.4, -0.2) is 34.5 Å². The van der Waals surface area contributed by atoms with Crippen LogP contribution < -0.4 is 0 Å². The van der Waals surface area contributed by atoms with Gasteiger partial charge in [-0.15, -0.1) is 0 Å². The number of hydrogen-bond acceptors (Lipinski definition) is 4. The van der Waals surface area contributed by atoms with E-state index in [1.54, 1.807) is 0 Å². The van der Waals surface area contributed by atoms with Crippen LogP contribution in [0.4, 0.5) is 0 Å². The molecule has 0 rings (SSSR count). The van der Waals surface area contributed by atoms with Gasteiger partial charge in [-0.3, -0.25) is 0 Å². The van der Waals surface area contributed by atoms with Crippen molar-refractivity contribution in [2.24, 2.45) is 0 Å². The first-order chi connectivity index (χ1) is 9.24. The van der Waals surface area contributed by atoms with Gasteiger partial charge in [-0.2, -0.15) is 0 Å². The molecule has 0 aliphatic rings. The van der Waals surface area contributed by atoms with Gasteiger partial charge in [0.15, 0.2) is 0 Å². The van der Waals surface area contributed by atoms with Crippen molar-refractivity contribution in [3.63, 3.8) is 0 Å². The lowest BCUT2D eigenvalue weighted by molar-refractivity contribution is 0.270. The monoisotopic (exact) mass is 314 g/mol. The largest absolute Gasteiger partial charge is 0.502 e. The van der Waals surface area contributed by atoms with Gasteiger partial charge in [0.2, 0.25) is 0 Å². The molecule has 0 spiro atoms. The van der Waals surface area contributed by atoms with Crippen LogP contribution in [0, 0.1) is 0 Å². The third kappa shape index (κ3) is 185. The predicted octanol–water partition coefficient (Wildman–Crippen LogP) is 2.57. The van der Waals surface area contributed by atoms with Crippen molar-refractivity contribution in [2.75, 3.05) is 19.8 Å². The summed E-state index contributed by atoms with van der Waals surface area (Å²) in [6.45, 7) is 17.9. The second-order valence-corrected chi connectivity index (χ2v) is 3.41. The molecule has 0 bridgehead atoms. The van der Waals surface area contributed by atoms with Crippen molar-refractivity contribution < 1.29 is 33.5 Å². The fraction of sp³-hybridized carbons (Fsp3) is 0.500. The fourth-order valence-electron chi connectivity index (χ4n) is 0.354. The van der Waals surface area contributed by atoms with Gasteiger partial charge >= 0.3 is 7.82 Å². The van der Waals surface area contributed by atoms with Crippen LogP contribution in [0.3, 0.4) is 0 Å². The summed E-state index contributed by atoms with van der Waals surface area (Å²) in [5.41, 5.74) is 0. The second kappa shape index (κ2) is 26.3. The smallest absolute Gasteiger partial charge is 0.466 e. The first kappa shape index (κ1) is 27.1. The van der Waals surface area contributed by atoms with Gasteiger partial charge in [-0.05, 0) is 20.8 Å². The molecule has 0 aromatic carbocycles. The van der Waals surface area contributed by atoms with E-state index in [-0.39, 0.29) is 0 Å². The highest BCUT2D eigenvalue weighted by atomic mass is 31.2. The lowest BCUT2D eigenvalue weighted by Gasteiger charge is -1.84. The third-order valence-corrected chi connectivity index (χ3v) is 0.854. The van der Waals surface area contributed by atoms with E-state index in [4.69, 9.17) is 19.2 Å². The Labute approximate surface area is 121 Å². The van der Waals surface area contributed by atoms with E-state index in [9.17, 15) is 0 Å². The zero-order valence-electron chi connectivity index (χ0n) is 12.4. The molecule has 0 aromatic heterocycles. The predicted molar refractivity (Wildman–Crippen MR) is 79.7 cm³/mol. The highest BCUT2D eigenvalue weighted by molar-refractivity contribution is 7.45. The van der Waals surface area contributed by atoms with Gasteiger partial charge < -0.3 is 28.9 Å². The van der Waals surface area contributed by atoms with Crippen LogP contribution >= 0.6 is 7.82 Å². The van der Waals surface area contributed by atoms with Crippen LogP contribution in [0.15, 0.2) is 38.5 Å². The maximum atomic E-state index is 8.88. The Kier molecular flexibility index (Phi) is 35.7. The minimum Gasteiger partial charge on any atom is -0.502 e. The van der Waals surface area contributed by atoms with E-state index in [1.165, 1.54) is 18.8 Å². The van der Waals surface area contributed by atoms with E-state index in [0.717, 1.165) is 19.8 Å². The second-order valence-electron chi connectivity index (χ2n) is 2.38. The average Bonchev–Trinajstić information content (AvgIpc) is 2.31. The topological polar surface area (TPSA) is 105 Å². The average molecular weight is 314 g/mol. The first-order valence-corrected chi connectivity index (χ1v) is 7.27. The molecule has 0 aromatic rings. The summed E-state index contributed by atoms with van der Waals surface area (Å²) >= 11 is 0. The highest BCUT2D eigenvalue weighted by Crippen LogP contribution is 2.25. The molecule has 122 valence electrons. The van der Waals surface area contributed by atoms with Gasteiger partial charge in [0.05, 0.1) is 38.6 Å². The normalized spacial score (nSPS) is 7.90. The summed E-state index contributed by atoms with van der Waals surface area (Å²) < 4.78 is 22.7. The van der Waals surface area contributed by atoms with Gasteiger partial charge in [-0.1, -0.05) is 19.7 Å². The summed E-state index contributed by atoms with van der Waals surface area (Å²) in [5, 5.41) is 0. The molecular weight excluding hydrogens is 287 g/mol. The van der Waals surface area contributed by atoms with Gasteiger partial charge in [-0.25, -0.2) is 4.57 Å². The molecule has 0 fully saturated rings. The zero-order valence-corrected chi connectivity index (χ0v) is 13.3. The Morgan fingerprint density at radius 2 is 0.950 bits per heavy atom. The molecule has 0 aliphatic heterocycles. The highest BCUT2D eigenvalue weighted by Gasteiger charge is 2.00. The van der Waals surface area contributed by atoms with Crippen molar-refractivity contribution in [1.29, 1.82) is 0 Å². The van der Waals surface area contributed by atoms with E-state index < -0.39 is 7.82 Å². The molecule has 8 heteroatoms. The van der Waals surface area contributed by atoms with Crippen LogP contribution in [0.1, 0.15) is 20.8 Å². The number of phosphoric acid groups is 1. The summed E-state index contributed by atoms with van der Waals surface area (Å²) in [6.07, 6.45) is 4.29. The van der Waals surface area contributed by atoms with Gasteiger partial charge in [0, 0.05) is 0 Å². The Hall–Kier alpha value is -1.27. The van der Waals surface area contributed by atoms with E-state index >= 15 is 0 Å². The number of rotatable bonds is 6. The Morgan fingerprint density at radius 3 is 0.950 bits per heavy atom. The molecule has 0 unspecified atom stereocenters. The van der Waals surface area contributed by atoms with Gasteiger partial charge in [0.1, 0.15) is 0 Å².